The van der Waals surface area contributed by atoms with Crippen LogP contribution in [-0.2, 0) is 0 Å². The molecule has 34 heavy (non-hydrogen) atoms. The largest absolute Gasteiger partial charge is 0.346 e. The highest BCUT2D eigenvalue weighted by Crippen LogP contribution is 2.51. The molecule has 2 atom stereocenters. The fraction of sp³-hybridized carbons (Fsp3) is 0.107. The molecule has 0 bridgehead atoms. The van der Waals surface area contributed by atoms with Crippen LogP contribution in [0.1, 0.15) is 33.9 Å². The van der Waals surface area contributed by atoms with Crippen molar-refractivity contribution in [3.63, 3.8) is 0 Å². The van der Waals surface area contributed by atoms with Gasteiger partial charge >= 0.3 is 0 Å². The van der Waals surface area contributed by atoms with Gasteiger partial charge in [-0.3, -0.25) is 4.79 Å². The number of imidazole rings is 1. The minimum Gasteiger partial charge on any atom is -0.346 e. The number of hydrogen-bond donors (Lipinski definition) is 2. The van der Waals surface area contributed by atoms with Crippen molar-refractivity contribution in [3.8, 4) is 11.3 Å². The first-order chi connectivity index (χ1) is 16.8. The number of nitrogens with one attached hydrogen (secondary N) is 2. The van der Waals surface area contributed by atoms with Crippen LogP contribution in [0.4, 0.5) is 0 Å². The first-order valence-corrected chi connectivity index (χ1v) is 11.4. The van der Waals surface area contributed by atoms with Gasteiger partial charge in [0.25, 0.3) is 5.91 Å². The number of carbonyl (C=O) groups excluding carboxylic acids is 1. The lowest BCUT2D eigenvalue weighted by Gasteiger charge is -2.23. The molecule has 164 valence electrons. The van der Waals surface area contributed by atoms with E-state index in [-0.39, 0.29) is 17.9 Å². The Labute approximate surface area is 195 Å². The van der Waals surface area contributed by atoms with Gasteiger partial charge in [0, 0.05) is 41.7 Å². The number of allylic oxidation sites excluding steroid dienone is 3. The lowest BCUT2D eigenvalue weighted by molar-refractivity contribution is 0.0931. The van der Waals surface area contributed by atoms with E-state index in [1.165, 1.54) is 11.1 Å². The Bertz CT molecular complexity index is 1620. The summed E-state index contributed by atoms with van der Waals surface area (Å²) in [5, 5.41) is 4.19. The predicted octanol–water partition coefficient (Wildman–Crippen LogP) is 5.32. The van der Waals surface area contributed by atoms with Gasteiger partial charge < -0.3 is 14.7 Å². The van der Waals surface area contributed by atoms with Crippen LogP contribution in [0.25, 0.3) is 33.5 Å². The molecule has 4 heterocycles. The van der Waals surface area contributed by atoms with Gasteiger partial charge in [-0.15, -0.1) is 0 Å². The van der Waals surface area contributed by atoms with Crippen LogP contribution in [0.15, 0.2) is 91.5 Å². The SMILES string of the molecule is O=C(NC1c2cccc(-c3cn4ccccc4n3)c2C2=CC=CCC21)c1ccnc2[nH]ccc12. The van der Waals surface area contributed by atoms with Crippen LogP contribution in [0, 0.1) is 5.92 Å². The minimum atomic E-state index is -0.113. The van der Waals surface area contributed by atoms with E-state index in [2.05, 4.69) is 57.9 Å². The monoisotopic (exact) mass is 443 g/mol. The molecule has 6 heteroatoms. The Balaban J connectivity index is 1.34. The third-order valence-electron chi connectivity index (χ3n) is 6.96. The standard InChI is InChI=1S/C28H21N5O/c34-28(20-12-14-30-27-19(20)11-13-29-27)32-26-18-7-2-1-6-17(18)25-21(8-5-9-22(25)26)23-16-33-15-4-3-10-24(33)31-23/h1-6,8-16,18,26H,7H2,(H,29,30)(H,32,34). The number of hydrogen-bond acceptors (Lipinski definition) is 3. The zero-order valence-electron chi connectivity index (χ0n) is 18.3. The minimum absolute atomic E-state index is 0.0862. The van der Waals surface area contributed by atoms with Crippen LogP contribution in [-0.4, -0.2) is 25.3 Å². The Morgan fingerprint density at radius 1 is 1.12 bits per heavy atom. The molecule has 1 amide bonds. The number of fused-ring (bicyclic) bond motifs is 5. The Morgan fingerprint density at radius 2 is 2.09 bits per heavy atom. The van der Waals surface area contributed by atoms with Crippen molar-refractivity contribution >= 4 is 28.2 Å². The number of benzene rings is 1. The second-order valence-electron chi connectivity index (χ2n) is 8.80. The first kappa shape index (κ1) is 19.1. The highest BCUT2D eigenvalue weighted by atomic mass is 16.1. The average molecular weight is 444 g/mol. The van der Waals surface area contributed by atoms with E-state index in [4.69, 9.17) is 4.98 Å². The fourth-order valence-electron chi connectivity index (χ4n) is 5.43. The van der Waals surface area contributed by atoms with Crippen LogP contribution in [0.5, 0.6) is 0 Å². The zero-order chi connectivity index (χ0) is 22.6. The molecule has 2 unspecified atom stereocenters. The number of carbonyl (C=O) groups is 1. The van der Waals surface area contributed by atoms with Crippen molar-refractivity contribution in [2.75, 3.05) is 0 Å². The number of aromatic amines is 1. The molecule has 5 aromatic rings. The molecular weight excluding hydrogens is 422 g/mol. The van der Waals surface area contributed by atoms with Crippen LogP contribution in [0.3, 0.4) is 0 Å². The number of H-pyrrole nitrogens is 1. The highest BCUT2D eigenvalue weighted by Gasteiger charge is 2.39. The molecule has 7 rings (SSSR count). The maximum absolute atomic E-state index is 13.5. The third kappa shape index (κ3) is 2.78. The molecule has 4 aromatic heterocycles. The predicted molar refractivity (Wildman–Crippen MR) is 132 cm³/mol. The van der Waals surface area contributed by atoms with Gasteiger partial charge in [0.05, 0.1) is 17.3 Å². The van der Waals surface area contributed by atoms with E-state index < -0.39 is 0 Å². The Hall–Kier alpha value is -4.45. The van der Waals surface area contributed by atoms with Crippen LogP contribution >= 0.6 is 0 Å². The molecule has 0 saturated carbocycles. The molecule has 6 nitrogen and oxygen atoms in total. The summed E-state index contributed by atoms with van der Waals surface area (Å²) in [5.74, 6) is 0.0996. The van der Waals surface area contributed by atoms with Crippen molar-refractivity contribution in [2.45, 2.75) is 12.5 Å². The number of amides is 1. The Kier molecular flexibility index (Phi) is 4.08. The van der Waals surface area contributed by atoms with E-state index in [0.29, 0.717) is 5.56 Å². The summed E-state index contributed by atoms with van der Waals surface area (Å²) in [6, 6.07) is 15.9. The van der Waals surface area contributed by atoms with Gasteiger partial charge in [0.2, 0.25) is 0 Å². The third-order valence-corrected chi connectivity index (χ3v) is 6.96. The van der Waals surface area contributed by atoms with Crippen molar-refractivity contribution in [3.05, 3.63) is 108 Å². The molecule has 0 spiro atoms. The summed E-state index contributed by atoms with van der Waals surface area (Å²) in [6.45, 7) is 0. The zero-order valence-corrected chi connectivity index (χ0v) is 18.3. The lowest BCUT2D eigenvalue weighted by atomic mass is 9.88. The van der Waals surface area contributed by atoms with Crippen LogP contribution < -0.4 is 5.32 Å². The second kappa shape index (κ2) is 7.28. The van der Waals surface area contributed by atoms with Crippen molar-refractivity contribution < 1.29 is 4.79 Å². The second-order valence-corrected chi connectivity index (χ2v) is 8.80. The number of nitrogens with zero attached hydrogens (tertiary/aromatic N) is 3. The van der Waals surface area contributed by atoms with E-state index >= 15 is 0 Å². The molecule has 1 aromatic carbocycles. The number of aromatic nitrogens is 4. The molecule has 0 fully saturated rings. The van der Waals surface area contributed by atoms with Gasteiger partial charge in [-0.1, -0.05) is 42.5 Å². The van der Waals surface area contributed by atoms with Gasteiger partial charge in [0.15, 0.2) is 0 Å². The van der Waals surface area contributed by atoms with Crippen LogP contribution in [0.2, 0.25) is 0 Å². The van der Waals surface area contributed by atoms with E-state index in [1.54, 1.807) is 12.3 Å². The maximum Gasteiger partial charge on any atom is 0.252 e. The highest BCUT2D eigenvalue weighted by molar-refractivity contribution is 6.06. The number of pyridine rings is 2. The summed E-state index contributed by atoms with van der Waals surface area (Å²) in [6.07, 6.45) is 14.9. The number of rotatable bonds is 3. The normalized spacial score (nSPS) is 18.6. The molecular formula is C28H21N5O. The smallest absolute Gasteiger partial charge is 0.252 e. The summed E-state index contributed by atoms with van der Waals surface area (Å²) in [5.41, 5.74) is 7.89. The van der Waals surface area contributed by atoms with Gasteiger partial charge in [-0.05, 0) is 47.4 Å². The van der Waals surface area contributed by atoms with Gasteiger partial charge in [0.1, 0.15) is 11.3 Å². The molecule has 2 aliphatic carbocycles. The molecule has 2 aliphatic rings. The summed E-state index contributed by atoms with van der Waals surface area (Å²) < 4.78 is 2.04. The summed E-state index contributed by atoms with van der Waals surface area (Å²) in [7, 11) is 0. The van der Waals surface area contributed by atoms with Crippen molar-refractivity contribution in [2.24, 2.45) is 5.92 Å². The molecule has 2 N–H and O–H groups in total. The Morgan fingerprint density at radius 3 is 3.03 bits per heavy atom. The summed E-state index contributed by atoms with van der Waals surface area (Å²) >= 11 is 0. The van der Waals surface area contributed by atoms with E-state index in [9.17, 15) is 4.79 Å². The quantitative estimate of drug-likeness (QED) is 0.396. The van der Waals surface area contributed by atoms with Gasteiger partial charge in [-0.2, -0.15) is 0 Å². The van der Waals surface area contributed by atoms with Crippen molar-refractivity contribution in [1.29, 1.82) is 0 Å². The maximum atomic E-state index is 13.5. The first-order valence-electron chi connectivity index (χ1n) is 11.4. The van der Waals surface area contributed by atoms with Gasteiger partial charge in [-0.25, -0.2) is 9.97 Å². The van der Waals surface area contributed by atoms with E-state index in [1.807, 2.05) is 41.1 Å². The molecule has 0 radical (unpaired) electrons. The fourth-order valence-corrected chi connectivity index (χ4v) is 5.43. The van der Waals surface area contributed by atoms with E-state index in [0.717, 1.165) is 39.9 Å². The topological polar surface area (TPSA) is 75.1 Å². The molecule has 0 aliphatic heterocycles. The van der Waals surface area contributed by atoms with Crippen molar-refractivity contribution in [1.82, 2.24) is 24.7 Å². The molecule has 0 saturated heterocycles. The summed E-state index contributed by atoms with van der Waals surface area (Å²) in [4.78, 5) is 25.7. The lowest BCUT2D eigenvalue weighted by Crippen LogP contribution is -2.31. The average Bonchev–Trinajstić information content (AvgIpc) is 3.60.